The van der Waals surface area contributed by atoms with Gasteiger partial charge in [-0.05, 0) is 48.9 Å². The Morgan fingerprint density at radius 2 is 1.53 bits per heavy atom. The normalized spacial score (nSPS) is 10.5. The summed E-state index contributed by atoms with van der Waals surface area (Å²) in [5.41, 5.74) is 3.51. The molecule has 0 N–H and O–H groups in total. The average molecular weight is 261 g/mol. The topological polar surface area (TPSA) is 20.3 Å². The standard InChI is InChI=1S/C17H27NO/c1-5-11-18(12-6-2)17(19)16-10-9-14(7-3)15(8-4)13-16/h9-10,13H,5-8,11-12H2,1-4H3. The van der Waals surface area contributed by atoms with Crippen LogP contribution in [-0.2, 0) is 12.8 Å². The number of benzene rings is 1. The molecule has 0 spiro atoms. The first-order valence-corrected chi connectivity index (χ1v) is 7.58. The van der Waals surface area contributed by atoms with Crippen molar-refractivity contribution >= 4 is 5.91 Å². The fourth-order valence-electron chi connectivity index (χ4n) is 2.47. The molecule has 1 aromatic carbocycles. The fraction of sp³-hybridized carbons (Fsp3) is 0.588. The molecule has 0 aliphatic carbocycles. The smallest absolute Gasteiger partial charge is 0.253 e. The van der Waals surface area contributed by atoms with Crippen molar-refractivity contribution in [1.82, 2.24) is 4.90 Å². The summed E-state index contributed by atoms with van der Waals surface area (Å²) in [6, 6.07) is 6.18. The summed E-state index contributed by atoms with van der Waals surface area (Å²) in [4.78, 5) is 14.5. The highest BCUT2D eigenvalue weighted by atomic mass is 16.2. The molecule has 0 saturated carbocycles. The fourth-order valence-corrected chi connectivity index (χ4v) is 2.47. The molecule has 19 heavy (non-hydrogen) atoms. The van der Waals surface area contributed by atoms with Crippen LogP contribution in [0.1, 0.15) is 62.0 Å². The third kappa shape index (κ3) is 4.09. The molecule has 0 unspecified atom stereocenters. The van der Waals surface area contributed by atoms with Gasteiger partial charge in [-0.3, -0.25) is 4.79 Å². The Bertz CT molecular complexity index is 406. The van der Waals surface area contributed by atoms with Crippen molar-refractivity contribution in [3.63, 3.8) is 0 Å². The zero-order valence-electron chi connectivity index (χ0n) is 12.8. The molecule has 0 aliphatic rings. The van der Waals surface area contributed by atoms with E-state index in [0.29, 0.717) is 0 Å². The van der Waals surface area contributed by atoms with E-state index in [1.165, 1.54) is 11.1 Å². The lowest BCUT2D eigenvalue weighted by Gasteiger charge is -2.22. The van der Waals surface area contributed by atoms with Gasteiger partial charge in [0.05, 0.1) is 0 Å². The van der Waals surface area contributed by atoms with Gasteiger partial charge in [-0.25, -0.2) is 0 Å². The summed E-state index contributed by atoms with van der Waals surface area (Å²) in [5.74, 6) is 0.182. The highest BCUT2D eigenvalue weighted by Crippen LogP contribution is 2.15. The van der Waals surface area contributed by atoms with Crippen LogP contribution in [0.4, 0.5) is 0 Å². The Morgan fingerprint density at radius 1 is 0.947 bits per heavy atom. The van der Waals surface area contributed by atoms with Crippen LogP contribution < -0.4 is 0 Å². The molecule has 2 nitrogen and oxygen atoms in total. The van der Waals surface area contributed by atoms with Gasteiger partial charge in [-0.15, -0.1) is 0 Å². The predicted octanol–water partition coefficient (Wildman–Crippen LogP) is 4.07. The van der Waals surface area contributed by atoms with E-state index in [1.54, 1.807) is 0 Å². The summed E-state index contributed by atoms with van der Waals surface area (Å²) in [6.07, 6.45) is 4.05. The summed E-state index contributed by atoms with van der Waals surface area (Å²) in [6.45, 7) is 10.3. The molecule has 0 fully saturated rings. The molecule has 0 aliphatic heterocycles. The number of hydrogen-bond acceptors (Lipinski definition) is 1. The SMILES string of the molecule is CCCN(CCC)C(=O)c1ccc(CC)c(CC)c1. The first-order valence-electron chi connectivity index (χ1n) is 7.58. The van der Waals surface area contributed by atoms with Crippen molar-refractivity contribution in [2.45, 2.75) is 53.4 Å². The Morgan fingerprint density at radius 3 is 2.00 bits per heavy atom. The van der Waals surface area contributed by atoms with Gasteiger partial charge in [0.15, 0.2) is 0 Å². The zero-order valence-corrected chi connectivity index (χ0v) is 12.8. The van der Waals surface area contributed by atoms with Crippen LogP contribution in [0, 0.1) is 0 Å². The first-order chi connectivity index (χ1) is 9.17. The van der Waals surface area contributed by atoms with Crippen LogP contribution in [0.5, 0.6) is 0 Å². The zero-order chi connectivity index (χ0) is 14.3. The highest BCUT2D eigenvalue weighted by molar-refractivity contribution is 5.94. The lowest BCUT2D eigenvalue weighted by atomic mass is 9.99. The number of rotatable bonds is 7. The molecule has 1 aromatic rings. The molecule has 1 rings (SSSR count). The quantitative estimate of drug-likeness (QED) is 0.724. The number of aryl methyl sites for hydroxylation is 2. The highest BCUT2D eigenvalue weighted by Gasteiger charge is 2.15. The minimum Gasteiger partial charge on any atom is -0.339 e. The molecule has 2 heteroatoms. The van der Waals surface area contributed by atoms with Crippen LogP contribution in [0.2, 0.25) is 0 Å². The van der Waals surface area contributed by atoms with Crippen molar-refractivity contribution in [2.75, 3.05) is 13.1 Å². The predicted molar refractivity (Wildman–Crippen MR) is 81.7 cm³/mol. The second kappa shape index (κ2) is 7.98. The van der Waals surface area contributed by atoms with Crippen LogP contribution in [0.3, 0.4) is 0 Å². The monoisotopic (exact) mass is 261 g/mol. The lowest BCUT2D eigenvalue weighted by molar-refractivity contribution is 0.0755. The molecule has 1 amide bonds. The number of carbonyl (C=O) groups excluding carboxylic acids is 1. The first kappa shape index (κ1) is 15.7. The largest absolute Gasteiger partial charge is 0.339 e. The summed E-state index contributed by atoms with van der Waals surface area (Å²) < 4.78 is 0. The molecule has 0 bridgehead atoms. The van der Waals surface area contributed by atoms with Crippen LogP contribution >= 0.6 is 0 Å². The molecule has 0 atom stereocenters. The Balaban J connectivity index is 2.97. The molecule has 0 saturated heterocycles. The Kier molecular flexibility index (Phi) is 6.61. The van der Waals surface area contributed by atoms with E-state index in [4.69, 9.17) is 0 Å². The van der Waals surface area contributed by atoms with E-state index in [1.807, 2.05) is 11.0 Å². The number of nitrogens with zero attached hydrogens (tertiary/aromatic N) is 1. The van der Waals surface area contributed by atoms with Crippen molar-refractivity contribution < 1.29 is 4.79 Å². The van der Waals surface area contributed by atoms with Crippen LogP contribution in [0.25, 0.3) is 0 Å². The molecule has 0 heterocycles. The minimum atomic E-state index is 0.182. The third-order valence-electron chi connectivity index (χ3n) is 3.49. The van der Waals surface area contributed by atoms with Crippen LogP contribution in [-0.4, -0.2) is 23.9 Å². The van der Waals surface area contributed by atoms with Gasteiger partial charge in [0.2, 0.25) is 0 Å². The van der Waals surface area contributed by atoms with Crippen molar-refractivity contribution in [1.29, 1.82) is 0 Å². The van der Waals surface area contributed by atoms with Gasteiger partial charge in [0.25, 0.3) is 5.91 Å². The van der Waals surface area contributed by atoms with E-state index in [2.05, 4.69) is 39.8 Å². The molecular weight excluding hydrogens is 234 g/mol. The van der Waals surface area contributed by atoms with Gasteiger partial charge < -0.3 is 4.90 Å². The van der Waals surface area contributed by atoms with Crippen molar-refractivity contribution in [3.8, 4) is 0 Å². The third-order valence-corrected chi connectivity index (χ3v) is 3.49. The molecule has 0 radical (unpaired) electrons. The second-order valence-corrected chi connectivity index (χ2v) is 4.98. The van der Waals surface area contributed by atoms with Crippen molar-refractivity contribution in [2.24, 2.45) is 0 Å². The van der Waals surface area contributed by atoms with Gasteiger partial charge in [-0.2, -0.15) is 0 Å². The number of carbonyl (C=O) groups is 1. The van der Waals surface area contributed by atoms with Crippen LogP contribution in [0.15, 0.2) is 18.2 Å². The maximum atomic E-state index is 12.5. The lowest BCUT2D eigenvalue weighted by Crippen LogP contribution is -2.32. The van der Waals surface area contributed by atoms with Gasteiger partial charge in [0, 0.05) is 18.7 Å². The Hall–Kier alpha value is -1.31. The molecule has 106 valence electrons. The number of hydrogen-bond donors (Lipinski definition) is 0. The molecule has 0 aromatic heterocycles. The maximum Gasteiger partial charge on any atom is 0.253 e. The second-order valence-electron chi connectivity index (χ2n) is 4.98. The number of amides is 1. The Labute approximate surface area is 117 Å². The summed E-state index contributed by atoms with van der Waals surface area (Å²) >= 11 is 0. The van der Waals surface area contributed by atoms with E-state index in [-0.39, 0.29) is 5.91 Å². The summed E-state index contributed by atoms with van der Waals surface area (Å²) in [5, 5.41) is 0. The average Bonchev–Trinajstić information content (AvgIpc) is 2.45. The van der Waals surface area contributed by atoms with E-state index < -0.39 is 0 Å². The van der Waals surface area contributed by atoms with E-state index >= 15 is 0 Å². The van der Waals surface area contributed by atoms with Crippen molar-refractivity contribution in [3.05, 3.63) is 34.9 Å². The van der Waals surface area contributed by atoms with Gasteiger partial charge >= 0.3 is 0 Å². The van der Waals surface area contributed by atoms with E-state index in [9.17, 15) is 4.79 Å². The molecular formula is C17H27NO. The summed E-state index contributed by atoms with van der Waals surface area (Å²) in [7, 11) is 0. The van der Waals surface area contributed by atoms with Gasteiger partial charge in [0.1, 0.15) is 0 Å². The minimum absolute atomic E-state index is 0.182. The maximum absolute atomic E-state index is 12.5. The van der Waals surface area contributed by atoms with Gasteiger partial charge in [-0.1, -0.05) is 33.8 Å². The van der Waals surface area contributed by atoms with E-state index in [0.717, 1.165) is 44.3 Å².